The number of benzene rings is 1. The molecule has 11 heteroatoms. The summed E-state index contributed by atoms with van der Waals surface area (Å²) in [5.74, 6) is 0. The Morgan fingerprint density at radius 2 is 1.10 bits per heavy atom. The molecule has 0 radical (unpaired) electrons. The van der Waals surface area contributed by atoms with Crippen LogP contribution in [-0.2, 0) is 18.5 Å². The van der Waals surface area contributed by atoms with Gasteiger partial charge in [0.1, 0.15) is 0 Å². The Morgan fingerprint density at radius 3 is 1.38 bits per heavy atom. The number of carbonyl (C=O) groups is 1. The van der Waals surface area contributed by atoms with Crippen molar-refractivity contribution < 1.29 is 48.7 Å². The van der Waals surface area contributed by atoms with E-state index >= 15 is 0 Å². The van der Waals surface area contributed by atoms with Gasteiger partial charge < -0.3 is 0 Å². The van der Waals surface area contributed by atoms with E-state index in [0.29, 0.717) is 0 Å². The molecule has 0 heterocycles. The topological polar surface area (TPSA) is 17.1 Å². The fourth-order valence-corrected chi connectivity index (χ4v) is 1.57. The molecule has 0 saturated carbocycles. The van der Waals surface area contributed by atoms with Crippen molar-refractivity contribution in [3.05, 3.63) is 34.4 Å². The molecule has 0 spiro atoms. The van der Waals surface area contributed by atoms with E-state index < -0.39 is 59.0 Å². The third-order valence-corrected chi connectivity index (χ3v) is 2.30. The monoisotopic (exact) mass is 328 g/mol. The second-order valence-electron chi connectivity index (χ2n) is 3.68. The molecule has 0 unspecified atom stereocenters. The highest BCUT2D eigenvalue weighted by atomic mass is 19.4. The third kappa shape index (κ3) is 3.45. The van der Waals surface area contributed by atoms with Crippen LogP contribution in [0.15, 0.2) is 12.1 Å². The first-order valence-electron chi connectivity index (χ1n) is 4.75. The second-order valence-corrected chi connectivity index (χ2v) is 3.68. The molecule has 0 saturated heterocycles. The normalized spacial score (nSPS) is 13.4. The van der Waals surface area contributed by atoms with E-state index in [0.717, 1.165) is 0 Å². The van der Waals surface area contributed by atoms with Crippen molar-refractivity contribution in [2.24, 2.45) is 0 Å². The summed E-state index contributed by atoms with van der Waals surface area (Å²) in [4.78, 5) is 10.4. The van der Waals surface area contributed by atoms with E-state index in [4.69, 9.17) is 0 Å². The summed E-state index contributed by atoms with van der Waals surface area (Å²) in [6.07, 6.45) is -17.4. The number of alkyl halides is 9. The maximum absolute atomic E-state index is 12.6. The first-order valence-corrected chi connectivity index (χ1v) is 4.75. The van der Waals surface area contributed by atoms with Crippen LogP contribution in [0.4, 0.5) is 43.9 Å². The van der Waals surface area contributed by atoms with Crippen molar-refractivity contribution in [3.8, 4) is 0 Å². The van der Waals surface area contributed by atoms with Gasteiger partial charge in [-0.1, -0.05) is 0 Å². The highest BCUT2D eigenvalue weighted by molar-refractivity contribution is 5.93. The van der Waals surface area contributed by atoms with Crippen LogP contribution in [-0.4, -0.2) is 6.04 Å². The van der Waals surface area contributed by atoms with E-state index in [1.54, 1.807) is 0 Å². The number of carbonyl (C=O) groups excluding carboxylic acids is 1. The summed E-state index contributed by atoms with van der Waals surface area (Å²) in [6, 6.07) is -4.19. The Hall–Kier alpha value is -1.81. The average Bonchev–Trinajstić information content (AvgIpc) is 2.23. The lowest BCUT2D eigenvalue weighted by atomic mass is 9.95. The Balaban J connectivity index is 3.95. The van der Waals surface area contributed by atoms with Gasteiger partial charge in [0.2, 0.25) is 0 Å². The molecule has 0 fully saturated rings. The van der Waals surface area contributed by atoms with Gasteiger partial charge in [-0.2, -0.15) is 43.9 Å². The van der Waals surface area contributed by atoms with Crippen LogP contribution in [0, 0.1) is 0 Å². The van der Waals surface area contributed by atoms with Gasteiger partial charge in [0, 0.05) is 0 Å². The maximum Gasteiger partial charge on any atom is 0.417 e. The van der Waals surface area contributed by atoms with Crippen LogP contribution >= 0.6 is 0 Å². The van der Waals surface area contributed by atoms with Crippen molar-refractivity contribution in [2.45, 2.75) is 18.5 Å². The molecule has 0 amide bonds. The van der Waals surface area contributed by atoms with Gasteiger partial charge in [-0.3, -0.25) is 4.79 Å². The standard InChI is InChI=1S/C10H2F10O/c11-7(21)5-3(8(12,13)14)1-2-4(9(15,16)17)6(5)10(18,19)20/h1-2H. The molecular formula is C10H2F10O. The highest BCUT2D eigenvalue weighted by Gasteiger charge is 2.49. The van der Waals surface area contributed by atoms with Gasteiger partial charge in [0.25, 0.3) is 0 Å². The smallest absolute Gasteiger partial charge is 0.255 e. The number of hydrogen-bond acceptors (Lipinski definition) is 1. The summed E-state index contributed by atoms with van der Waals surface area (Å²) in [5, 5.41) is 0. The maximum atomic E-state index is 12.6. The van der Waals surface area contributed by atoms with Crippen molar-refractivity contribution in [3.63, 3.8) is 0 Å². The molecule has 1 nitrogen and oxygen atoms in total. The van der Waals surface area contributed by atoms with Crippen LogP contribution in [0.3, 0.4) is 0 Å². The predicted molar refractivity (Wildman–Crippen MR) is 46.9 cm³/mol. The Morgan fingerprint density at radius 1 is 0.714 bits per heavy atom. The number of rotatable bonds is 1. The zero-order chi connectivity index (χ0) is 16.8. The predicted octanol–water partition coefficient (Wildman–Crippen LogP) is 4.85. The van der Waals surface area contributed by atoms with Crippen LogP contribution < -0.4 is 0 Å². The molecule has 0 bridgehead atoms. The number of hydrogen-bond donors (Lipinski definition) is 0. The molecule has 0 atom stereocenters. The summed E-state index contributed by atoms with van der Waals surface area (Å²) < 4.78 is 125. The van der Waals surface area contributed by atoms with E-state index in [1.807, 2.05) is 0 Å². The summed E-state index contributed by atoms with van der Waals surface area (Å²) in [6.45, 7) is 0. The fourth-order valence-electron chi connectivity index (χ4n) is 1.57. The van der Waals surface area contributed by atoms with Crippen molar-refractivity contribution in [2.75, 3.05) is 0 Å². The van der Waals surface area contributed by atoms with Crippen molar-refractivity contribution in [1.29, 1.82) is 0 Å². The average molecular weight is 328 g/mol. The number of halogens is 10. The van der Waals surface area contributed by atoms with Gasteiger partial charge in [0.05, 0.1) is 22.3 Å². The Kier molecular flexibility index (Phi) is 4.01. The summed E-state index contributed by atoms with van der Waals surface area (Å²) >= 11 is 0. The lowest BCUT2D eigenvalue weighted by Gasteiger charge is -2.20. The second kappa shape index (κ2) is 4.88. The van der Waals surface area contributed by atoms with Gasteiger partial charge in [-0.05, 0) is 12.1 Å². The minimum absolute atomic E-state index is 0.426. The van der Waals surface area contributed by atoms with E-state index in [9.17, 15) is 48.7 Å². The van der Waals surface area contributed by atoms with Crippen molar-refractivity contribution >= 4 is 6.04 Å². The fraction of sp³-hybridized carbons (Fsp3) is 0.300. The zero-order valence-electron chi connectivity index (χ0n) is 9.34. The minimum atomic E-state index is -6.01. The molecule has 21 heavy (non-hydrogen) atoms. The first-order chi connectivity index (χ1) is 9.17. The third-order valence-electron chi connectivity index (χ3n) is 2.30. The lowest BCUT2D eigenvalue weighted by molar-refractivity contribution is -0.164. The summed E-state index contributed by atoms with van der Waals surface area (Å²) in [5.41, 5.74) is -10.7. The van der Waals surface area contributed by atoms with E-state index in [2.05, 4.69) is 0 Å². The molecule has 0 aliphatic rings. The molecule has 0 N–H and O–H groups in total. The highest BCUT2D eigenvalue weighted by Crippen LogP contribution is 2.46. The van der Waals surface area contributed by atoms with Gasteiger partial charge in [-0.25, -0.2) is 0 Å². The van der Waals surface area contributed by atoms with E-state index in [1.165, 1.54) is 0 Å². The SMILES string of the molecule is O=C(F)c1c(C(F)(F)F)ccc(C(F)(F)F)c1C(F)(F)F. The molecule has 0 aliphatic carbocycles. The van der Waals surface area contributed by atoms with E-state index in [-0.39, 0.29) is 0 Å². The molecule has 0 aliphatic heterocycles. The molecule has 1 aromatic carbocycles. The van der Waals surface area contributed by atoms with Gasteiger partial charge >= 0.3 is 24.6 Å². The van der Waals surface area contributed by atoms with Crippen LogP contribution in [0.1, 0.15) is 27.0 Å². The zero-order valence-corrected chi connectivity index (χ0v) is 9.34. The van der Waals surface area contributed by atoms with Crippen LogP contribution in [0.25, 0.3) is 0 Å². The van der Waals surface area contributed by atoms with Crippen LogP contribution in [0.5, 0.6) is 0 Å². The molecule has 1 rings (SSSR count). The van der Waals surface area contributed by atoms with Gasteiger partial charge in [0.15, 0.2) is 0 Å². The molecule has 0 aromatic heterocycles. The molecule has 118 valence electrons. The minimum Gasteiger partial charge on any atom is -0.255 e. The van der Waals surface area contributed by atoms with Crippen molar-refractivity contribution in [1.82, 2.24) is 0 Å². The molecule has 1 aromatic rings. The largest absolute Gasteiger partial charge is 0.417 e. The quantitative estimate of drug-likeness (QED) is 0.532. The van der Waals surface area contributed by atoms with Crippen LogP contribution in [0.2, 0.25) is 0 Å². The van der Waals surface area contributed by atoms with Gasteiger partial charge in [-0.15, -0.1) is 0 Å². The molecular weight excluding hydrogens is 326 g/mol. The Labute approximate surface area is 109 Å². The lowest BCUT2D eigenvalue weighted by Crippen LogP contribution is -2.24. The Bertz CT molecular complexity index is 563. The first kappa shape index (κ1) is 17.2. The summed E-state index contributed by atoms with van der Waals surface area (Å²) in [7, 11) is 0.